The van der Waals surface area contributed by atoms with Crippen molar-refractivity contribution in [3.05, 3.63) is 76.7 Å². The van der Waals surface area contributed by atoms with Crippen molar-refractivity contribution in [2.75, 3.05) is 13.1 Å². The molecule has 0 unspecified atom stereocenters. The minimum absolute atomic E-state index is 0.117. The predicted molar refractivity (Wildman–Crippen MR) is 122 cm³/mol. The Labute approximate surface area is 184 Å². The fourth-order valence-electron chi connectivity index (χ4n) is 4.13. The summed E-state index contributed by atoms with van der Waals surface area (Å²) in [4.78, 5) is 19.6. The van der Waals surface area contributed by atoms with Crippen LogP contribution < -0.4 is 5.32 Å². The summed E-state index contributed by atoms with van der Waals surface area (Å²) in [7, 11) is 0. The second-order valence-corrected chi connectivity index (χ2v) is 8.65. The van der Waals surface area contributed by atoms with Gasteiger partial charge < -0.3 is 5.32 Å². The van der Waals surface area contributed by atoms with Crippen molar-refractivity contribution >= 4 is 5.91 Å². The first-order valence-corrected chi connectivity index (χ1v) is 11.1. The van der Waals surface area contributed by atoms with Crippen LogP contribution in [0.2, 0.25) is 0 Å². The molecular weight excluding hydrogens is 386 g/mol. The fraction of sp³-hybridized carbons (Fsp3) is 0.400. The Morgan fingerprint density at radius 3 is 2.48 bits per heavy atom. The van der Waals surface area contributed by atoms with Gasteiger partial charge in [-0.1, -0.05) is 31.2 Å². The maximum Gasteiger partial charge on any atom is 0.253 e. The van der Waals surface area contributed by atoms with E-state index in [2.05, 4.69) is 45.4 Å². The second-order valence-electron chi connectivity index (χ2n) is 8.65. The van der Waals surface area contributed by atoms with Crippen molar-refractivity contribution in [3.63, 3.8) is 0 Å². The molecule has 3 heterocycles. The summed E-state index contributed by atoms with van der Waals surface area (Å²) in [5.41, 5.74) is 4.96. The molecule has 6 heteroatoms. The van der Waals surface area contributed by atoms with Gasteiger partial charge in [0.15, 0.2) is 5.82 Å². The Kier molecular flexibility index (Phi) is 6.47. The van der Waals surface area contributed by atoms with Crippen LogP contribution in [0, 0.1) is 19.8 Å². The largest absolute Gasteiger partial charge is 0.348 e. The normalized spacial score (nSPS) is 15.2. The van der Waals surface area contributed by atoms with Crippen LogP contribution in [-0.2, 0) is 13.1 Å². The Morgan fingerprint density at radius 1 is 1.10 bits per heavy atom. The number of likely N-dealkylation sites (tertiary alicyclic amines) is 1. The van der Waals surface area contributed by atoms with Crippen LogP contribution in [-0.4, -0.2) is 38.7 Å². The molecule has 2 aromatic heterocycles. The van der Waals surface area contributed by atoms with Crippen LogP contribution in [0.25, 0.3) is 5.82 Å². The lowest BCUT2D eigenvalue weighted by atomic mass is 9.98. The monoisotopic (exact) mass is 417 g/mol. The van der Waals surface area contributed by atoms with Crippen molar-refractivity contribution in [2.45, 2.75) is 46.7 Å². The third-order valence-electron chi connectivity index (χ3n) is 6.06. The fourth-order valence-corrected chi connectivity index (χ4v) is 4.13. The molecule has 1 aliphatic heterocycles. The van der Waals surface area contributed by atoms with Gasteiger partial charge in [-0.05, 0) is 75.0 Å². The highest BCUT2D eigenvalue weighted by molar-refractivity contribution is 5.93. The summed E-state index contributed by atoms with van der Waals surface area (Å²) in [5, 5.41) is 7.50. The summed E-state index contributed by atoms with van der Waals surface area (Å²) in [5.74, 6) is 1.42. The van der Waals surface area contributed by atoms with E-state index < -0.39 is 0 Å². The number of carbonyl (C=O) groups is 1. The summed E-state index contributed by atoms with van der Waals surface area (Å²) < 4.78 is 1.79. The molecule has 0 atom stereocenters. The first-order valence-electron chi connectivity index (χ1n) is 11.1. The van der Waals surface area contributed by atoms with Crippen LogP contribution in [0.4, 0.5) is 0 Å². The topological polar surface area (TPSA) is 63.1 Å². The zero-order valence-electron chi connectivity index (χ0n) is 18.6. The minimum Gasteiger partial charge on any atom is -0.348 e. The number of rotatable bonds is 6. The molecule has 1 fully saturated rings. The zero-order chi connectivity index (χ0) is 21.8. The number of hydrogen-bond acceptors (Lipinski definition) is 4. The van der Waals surface area contributed by atoms with Crippen molar-refractivity contribution in [2.24, 2.45) is 5.92 Å². The number of benzene rings is 1. The van der Waals surface area contributed by atoms with E-state index >= 15 is 0 Å². The molecule has 6 nitrogen and oxygen atoms in total. The van der Waals surface area contributed by atoms with Crippen molar-refractivity contribution in [1.29, 1.82) is 0 Å². The summed E-state index contributed by atoms with van der Waals surface area (Å²) in [6.07, 6.45) is 4.14. The highest BCUT2D eigenvalue weighted by Gasteiger charge is 2.17. The quantitative estimate of drug-likeness (QED) is 0.657. The minimum atomic E-state index is -0.117. The number of amides is 1. The lowest BCUT2D eigenvalue weighted by molar-refractivity contribution is 0.0950. The number of nitrogens with one attached hydrogen (secondary N) is 1. The van der Waals surface area contributed by atoms with E-state index in [1.165, 1.54) is 24.0 Å². The number of carbonyl (C=O) groups excluding carboxylic acids is 1. The standard InChI is InChI=1S/C25H31N5O/c1-18-10-12-29(13-11-18)17-23-7-5-4-6-21(23)15-27-25(31)22-8-9-24(26-16-22)30-20(3)14-19(2)28-30/h4-9,14,16,18H,10-13,15,17H2,1-3H3,(H,27,31). The average molecular weight is 418 g/mol. The molecule has 31 heavy (non-hydrogen) atoms. The van der Waals surface area contributed by atoms with E-state index in [1.807, 2.05) is 32.0 Å². The molecule has 3 aromatic rings. The number of nitrogens with zero attached hydrogens (tertiary/aromatic N) is 4. The number of hydrogen-bond donors (Lipinski definition) is 1. The van der Waals surface area contributed by atoms with Crippen LogP contribution in [0.15, 0.2) is 48.7 Å². The average Bonchev–Trinajstić information content (AvgIpc) is 3.12. The van der Waals surface area contributed by atoms with Gasteiger partial charge in [0, 0.05) is 25.0 Å². The van der Waals surface area contributed by atoms with Crippen LogP contribution >= 0.6 is 0 Å². The zero-order valence-corrected chi connectivity index (χ0v) is 18.6. The molecule has 0 saturated carbocycles. The van der Waals surface area contributed by atoms with Gasteiger partial charge in [0.05, 0.1) is 11.3 Å². The van der Waals surface area contributed by atoms with Gasteiger partial charge in [0.1, 0.15) is 0 Å². The van der Waals surface area contributed by atoms with Crippen molar-refractivity contribution in [1.82, 2.24) is 25.0 Å². The van der Waals surface area contributed by atoms with Crippen molar-refractivity contribution < 1.29 is 4.79 Å². The predicted octanol–water partition coefficient (Wildman–Crippen LogP) is 4.05. The number of aryl methyl sites for hydroxylation is 2. The molecule has 1 saturated heterocycles. The van der Waals surface area contributed by atoms with Crippen LogP contribution in [0.1, 0.15) is 52.6 Å². The molecule has 162 valence electrons. The van der Waals surface area contributed by atoms with Gasteiger partial charge in [-0.15, -0.1) is 0 Å². The third-order valence-corrected chi connectivity index (χ3v) is 6.06. The Balaban J connectivity index is 1.38. The van der Waals surface area contributed by atoms with E-state index in [4.69, 9.17) is 0 Å². The Bertz CT molecular complexity index is 1030. The molecule has 1 aliphatic rings. The molecule has 1 N–H and O–H groups in total. The van der Waals surface area contributed by atoms with Crippen molar-refractivity contribution in [3.8, 4) is 5.82 Å². The van der Waals surface area contributed by atoms with Gasteiger partial charge in [-0.3, -0.25) is 9.69 Å². The molecule has 0 spiro atoms. The Morgan fingerprint density at radius 2 is 1.84 bits per heavy atom. The van der Waals surface area contributed by atoms with Crippen LogP contribution in [0.3, 0.4) is 0 Å². The van der Waals surface area contributed by atoms with Gasteiger partial charge in [0.2, 0.25) is 0 Å². The first-order chi connectivity index (χ1) is 15.0. The number of pyridine rings is 1. The lowest BCUT2D eigenvalue weighted by Gasteiger charge is -2.30. The summed E-state index contributed by atoms with van der Waals surface area (Å²) in [6, 6.07) is 14.0. The second kappa shape index (κ2) is 9.43. The SMILES string of the molecule is Cc1cc(C)n(-c2ccc(C(=O)NCc3ccccc3CN3CCC(C)CC3)cn2)n1. The van der Waals surface area contributed by atoms with E-state index in [9.17, 15) is 4.79 Å². The number of piperidine rings is 1. The summed E-state index contributed by atoms with van der Waals surface area (Å²) >= 11 is 0. The lowest BCUT2D eigenvalue weighted by Crippen LogP contribution is -2.33. The highest BCUT2D eigenvalue weighted by Crippen LogP contribution is 2.20. The van der Waals surface area contributed by atoms with Gasteiger partial charge in [0.25, 0.3) is 5.91 Å². The maximum atomic E-state index is 12.7. The van der Waals surface area contributed by atoms with Gasteiger partial charge in [-0.25, -0.2) is 9.67 Å². The van der Waals surface area contributed by atoms with E-state index in [1.54, 1.807) is 16.9 Å². The van der Waals surface area contributed by atoms with Crippen LogP contribution in [0.5, 0.6) is 0 Å². The van der Waals surface area contributed by atoms with E-state index in [0.717, 1.165) is 36.9 Å². The molecule has 0 bridgehead atoms. The van der Waals surface area contributed by atoms with Gasteiger partial charge in [-0.2, -0.15) is 5.10 Å². The highest BCUT2D eigenvalue weighted by atomic mass is 16.1. The molecule has 0 radical (unpaired) electrons. The van der Waals surface area contributed by atoms with E-state index in [0.29, 0.717) is 17.9 Å². The molecule has 0 aliphatic carbocycles. The summed E-state index contributed by atoms with van der Waals surface area (Å²) in [6.45, 7) is 10.0. The van der Waals surface area contributed by atoms with Gasteiger partial charge >= 0.3 is 0 Å². The Hall–Kier alpha value is -2.99. The molecule has 1 aromatic carbocycles. The first kappa shape index (κ1) is 21.2. The smallest absolute Gasteiger partial charge is 0.253 e. The molecule has 1 amide bonds. The maximum absolute atomic E-state index is 12.7. The van der Waals surface area contributed by atoms with E-state index in [-0.39, 0.29) is 5.91 Å². The molecule has 4 rings (SSSR count). The molecular formula is C25H31N5O. The third kappa shape index (κ3) is 5.20. The number of aromatic nitrogens is 3.